The fourth-order valence-corrected chi connectivity index (χ4v) is 6.01. The van der Waals surface area contributed by atoms with Gasteiger partial charge < -0.3 is 19.7 Å². The van der Waals surface area contributed by atoms with E-state index in [1.807, 2.05) is 51.1 Å². The Labute approximate surface area is 249 Å². The molecule has 10 heteroatoms. The van der Waals surface area contributed by atoms with Gasteiger partial charge >= 0.3 is 0 Å². The Kier molecular flexibility index (Phi) is 11.8. The van der Waals surface area contributed by atoms with Crippen molar-refractivity contribution in [2.45, 2.75) is 51.0 Å². The maximum atomic E-state index is 14.1. The number of amides is 2. The Morgan fingerprint density at radius 2 is 1.57 bits per heavy atom. The summed E-state index contributed by atoms with van der Waals surface area (Å²) < 4.78 is 39.9. The van der Waals surface area contributed by atoms with Crippen LogP contribution in [0.25, 0.3) is 0 Å². The molecule has 42 heavy (non-hydrogen) atoms. The van der Waals surface area contributed by atoms with E-state index in [0.717, 1.165) is 21.9 Å². The van der Waals surface area contributed by atoms with Crippen LogP contribution in [0.15, 0.2) is 77.7 Å². The average molecular weight is 596 g/mol. The molecule has 3 aromatic rings. The predicted octanol–water partition coefficient (Wildman–Crippen LogP) is 4.58. The number of carbonyl (C=O) groups excluding carboxylic acids is 2. The molecule has 0 radical (unpaired) electrons. The second-order valence-electron chi connectivity index (χ2n) is 9.90. The number of carbonyl (C=O) groups is 2. The minimum absolute atomic E-state index is 0.0410. The molecule has 0 aliphatic heterocycles. The van der Waals surface area contributed by atoms with E-state index in [0.29, 0.717) is 30.9 Å². The van der Waals surface area contributed by atoms with Gasteiger partial charge in [0, 0.05) is 19.2 Å². The number of aryl methyl sites for hydroxylation is 1. The van der Waals surface area contributed by atoms with E-state index >= 15 is 0 Å². The fraction of sp³-hybridized carbons (Fsp3) is 0.375. The zero-order valence-corrected chi connectivity index (χ0v) is 25.8. The lowest BCUT2D eigenvalue weighted by atomic mass is 10.1. The van der Waals surface area contributed by atoms with Gasteiger partial charge in [0.05, 0.1) is 24.8 Å². The normalized spacial score (nSPS) is 11.8. The van der Waals surface area contributed by atoms with Crippen molar-refractivity contribution in [1.29, 1.82) is 0 Å². The van der Waals surface area contributed by atoms with E-state index in [-0.39, 0.29) is 23.0 Å². The third-order valence-electron chi connectivity index (χ3n) is 6.96. The van der Waals surface area contributed by atoms with Crippen molar-refractivity contribution in [2.24, 2.45) is 0 Å². The van der Waals surface area contributed by atoms with Gasteiger partial charge in [-0.2, -0.15) is 0 Å². The lowest BCUT2D eigenvalue weighted by Crippen LogP contribution is -2.53. The highest BCUT2D eigenvalue weighted by atomic mass is 32.2. The summed E-state index contributed by atoms with van der Waals surface area (Å²) in [6.07, 6.45) is 1.63. The highest BCUT2D eigenvalue weighted by molar-refractivity contribution is 7.92. The third-order valence-corrected chi connectivity index (χ3v) is 8.75. The Hall–Kier alpha value is -4.05. The van der Waals surface area contributed by atoms with E-state index in [1.54, 1.807) is 24.3 Å². The quantitative estimate of drug-likeness (QED) is 0.276. The molecule has 0 unspecified atom stereocenters. The van der Waals surface area contributed by atoms with Crippen LogP contribution < -0.4 is 19.1 Å². The van der Waals surface area contributed by atoms with Crippen molar-refractivity contribution >= 4 is 27.5 Å². The minimum Gasteiger partial charge on any atom is -0.493 e. The standard InChI is InChI=1S/C32H41N3O6S/c1-6-20-33-32(37)28(7-2)34(21-19-25-11-9-8-10-12-25)31(36)23-35(26-15-18-29(40-4)30(22-26)41-5)42(38,39)27-16-13-24(3)14-17-27/h8-18,22,28H,6-7,19-21,23H2,1-5H3,(H,33,37)/t28-/m0/s1. The molecule has 0 spiro atoms. The van der Waals surface area contributed by atoms with Crippen molar-refractivity contribution in [2.75, 3.05) is 38.2 Å². The fourth-order valence-electron chi connectivity index (χ4n) is 4.61. The Morgan fingerprint density at radius 1 is 0.905 bits per heavy atom. The molecule has 9 nitrogen and oxygen atoms in total. The molecule has 3 rings (SSSR count). The number of benzene rings is 3. The zero-order chi connectivity index (χ0) is 30.7. The van der Waals surface area contributed by atoms with Gasteiger partial charge in [-0.3, -0.25) is 13.9 Å². The first kappa shape index (κ1) is 32.5. The van der Waals surface area contributed by atoms with Gasteiger partial charge in [-0.05, 0) is 56.0 Å². The number of rotatable bonds is 15. The molecule has 0 heterocycles. The van der Waals surface area contributed by atoms with Crippen molar-refractivity contribution in [3.8, 4) is 11.5 Å². The van der Waals surface area contributed by atoms with Crippen LogP contribution in [0, 0.1) is 6.92 Å². The van der Waals surface area contributed by atoms with Gasteiger partial charge in [0.1, 0.15) is 12.6 Å². The summed E-state index contributed by atoms with van der Waals surface area (Å²) in [5.74, 6) is -0.0176. The molecule has 3 aromatic carbocycles. The average Bonchev–Trinajstić information content (AvgIpc) is 3.00. The molecule has 0 saturated heterocycles. The monoisotopic (exact) mass is 595 g/mol. The smallest absolute Gasteiger partial charge is 0.264 e. The van der Waals surface area contributed by atoms with Gasteiger partial charge in [0.2, 0.25) is 11.8 Å². The summed E-state index contributed by atoms with van der Waals surface area (Å²) in [6.45, 7) is 5.87. The number of anilines is 1. The molecule has 0 bridgehead atoms. The van der Waals surface area contributed by atoms with Gasteiger partial charge in [-0.25, -0.2) is 8.42 Å². The molecule has 1 N–H and O–H groups in total. The summed E-state index contributed by atoms with van der Waals surface area (Å²) >= 11 is 0. The van der Waals surface area contributed by atoms with Crippen molar-refractivity contribution in [3.63, 3.8) is 0 Å². The van der Waals surface area contributed by atoms with E-state index < -0.39 is 28.5 Å². The zero-order valence-electron chi connectivity index (χ0n) is 25.0. The van der Waals surface area contributed by atoms with Crippen LogP contribution >= 0.6 is 0 Å². The second kappa shape index (κ2) is 15.3. The molecular weight excluding hydrogens is 554 g/mol. The van der Waals surface area contributed by atoms with Gasteiger partial charge in [0.15, 0.2) is 11.5 Å². The van der Waals surface area contributed by atoms with Crippen molar-refractivity contribution in [1.82, 2.24) is 10.2 Å². The molecule has 0 aliphatic rings. The molecule has 0 fully saturated rings. The Balaban J connectivity index is 2.06. The number of sulfonamides is 1. The Morgan fingerprint density at radius 3 is 2.17 bits per heavy atom. The molecule has 226 valence electrons. The number of hydrogen-bond acceptors (Lipinski definition) is 6. The molecular formula is C32H41N3O6S. The van der Waals surface area contributed by atoms with Crippen LogP contribution in [0.5, 0.6) is 11.5 Å². The largest absolute Gasteiger partial charge is 0.493 e. The van der Waals surface area contributed by atoms with Gasteiger partial charge in [0.25, 0.3) is 10.0 Å². The number of nitrogens with one attached hydrogen (secondary N) is 1. The van der Waals surface area contributed by atoms with Crippen LogP contribution in [0.1, 0.15) is 37.8 Å². The van der Waals surface area contributed by atoms with Crippen LogP contribution in [0.4, 0.5) is 5.69 Å². The second-order valence-corrected chi connectivity index (χ2v) is 11.8. The molecule has 1 atom stereocenters. The maximum Gasteiger partial charge on any atom is 0.264 e. The molecule has 0 saturated carbocycles. The van der Waals surface area contributed by atoms with Crippen LogP contribution in [-0.4, -0.2) is 65.0 Å². The molecule has 0 aliphatic carbocycles. The SMILES string of the molecule is CCCNC(=O)[C@H](CC)N(CCc1ccccc1)C(=O)CN(c1ccc(OC)c(OC)c1)S(=O)(=O)c1ccc(C)cc1. The van der Waals surface area contributed by atoms with Crippen LogP contribution in [-0.2, 0) is 26.0 Å². The van der Waals surface area contributed by atoms with E-state index in [4.69, 9.17) is 9.47 Å². The van der Waals surface area contributed by atoms with Gasteiger partial charge in [-0.1, -0.05) is 61.9 Å². The van der Waals surface area contributed by atoms with Gasteiger partial charge in [-0.15, -0.1) is 0 Å². The number of methoxy groups -OCH3 is 2. The maximum absolute atomic E-state index is 14.1. The summed E-state index contributed by atoms with van der Waals surface area (Å²) in [5.41, 5.74) is 2.13. The predicted molar refractivity (Wildman–Crippen MR) is 164 cm³/mol. The highest BCUT2D eigenvalue weighted by Gasteiger charge is 2.33. The highest BCUT2D eigenvalue weighted by Crippen LogP contribution is 2.34. The van der Waals surface area contributed by atoms with Crippen LogP contribution in [0.3, 0.4) is 0 Å². The summed E-state index contributed by atoms with van der Waals surface area (Å²) in [4.78, 5) is 28.8. The van der Waals surface area contributed by atoms with E-state index in [1.165, 1.54) is 37.3 Å². The van der Waals surface area contributed by atoms with E-state index in [2.05, 4.69) is 5.32 Å². The first-order valence-electron chi connectivity index (χ1n) is 14.1. The number of nitrogens with zero attached hydrogens (tertiary/aromatic N) is 2. The van der Waals surface area contributed by atoms with Crippen molar-refractivity contribution in [3.05, 3.63) is 83.9 Å². The Bertz CT molecular complexity index is 1430. The lowest BCUT2D eigenvalue weighted by Gasteiger charge is -2.33. The summed E-state index contributed by atoms with van der Waals surface area (Å²) in [6, 6.07) is 20.0. The number of hydrogen-bond donors (Lipinski definition) is 1. The lowest BCUT2D eigenvalue weighted by molar-refractivity contribution is -0.139. The number of ether oxygens (including phenoxy) is 2. The topological polar surface area (TPSA) is 105 Å². The molecule has 0 aromatic heterocycles. The minimum atomic E-state index is -4.19. The first-order chi connectivity index (χ1) is 20.2. The van der Waals surface area contributed by atoms with Crippen LogP contribution in [0.2, 0.25) is 0 Å². The summed E-state index contributed by atoms with van der Waals surface area (Å²) in [5, 5.41) is 2.90. The third kappa shape index (κ3) is 8.03. The molecule has 2 amide bonds. The summed E-state index contributed by atoms with van der Waals surface area (Å²) in [7, 11) is -1.25. The van der Waals surface area contributed by atoms with E-state index in [9.17, 15) is 18.0 Å². The van der Waals surface area contributed by atoms with Crippen molar-refractivity contribution < 1.29 is 27.5 Å². The first-order valence-corrected chi connectivity index (χ1v) is 15.5.